The van der Waals surface area contributed by atoms with Crippen molar-refractivity contribution < 1.29 is 4.79 Å². The first-order valence-electron chi connectivity index (χ1n) is 7.18. The van der Waals surface area contributed by atoms with Gasteiger partial charge in [0, 0.05) is 17.3 Å². The molecule has 3 heterocycles. The van der Waals surface area contributed by atoms with Crippen molar-refractivity contribution in [2.24, 2.45) is 0 Å². The summed E-state index contributed by atoms with van der Waals surface area (Å²) in [6.07, 6.45) is 8.59. The van der Waals surface area contributed by atoms with Crippen LogP contribution in [0.2, 0.25) is 0 Å². The number of nitrogens with one attached hydrogen (secondary N) is 1. The first-order chi connectivity index (χ1) is 10.8. The van der Waals surface area contributed by atoms with Crippen LogP contribution in [0, 0.1) is 0 Å². The quantitative estimate of drug-likeness (QED) is 0.809. The molecule has 0 aliphatic heterocycles. The topological polar surface area (TPSA) is 59.8 Å². The lowest BCUT2D eigenvalue weighted by atomic mass is 10.2. The Bertz CT molecular complexity index is 784. The molecule has 1 aliphatic carbocycles. The summed E-state index contributed by atoms with van der Waals surface area (Å²) in [5.41, 5.74) is 2.02. The van der Waals surface area contributed by atoms with E-state index in [1.54, 1.807) is 28.4 Å². The van der Waals surface area contributed by atoms with Crippen molar-refractivity contribution in [2.75, 3.05) is 5.32 Å². The van der Waals surface area contributed by atoms with Crippen LogP contribution in [0.4, 0.5) is 5.69 Å². The van der Waals surface area contributed by atoms with E-state index in [1.165, 1.54) is 16.9 Å². The van der Waals surface area contributed by atoms with E-state index in [0.29, 0.717) is 5.69 Å². The van der Waals surface area contributed by atoms with Gasteiger partial charge in [-0.05, 0) is 49.1 Å². The van der Waals surface area contributed by atoms with Crippen molar-refractivity contribution in [2.45, 2.75) is 19.3 Å². The zero-order valence-corrected chi connectivity index (χ0v) is 12.6. The van der Waals surface area contributed by atoms with Crippen LogP contribution in [0.5, 0.6) is 0 Å². The Morgan fingerprint density at radius 1 is 1.32 bits per heavy atom. The Kier molecular flexibility index (Phi) is 3.23. The Balaban J connectivity index is 1.49. The molecule has 1 N–H and O–H groups in total. The van der Waals surface area contributed by atoms with E-state index in [9.17, 15) is 4.79 Å². The predicted octanol–water partition coefficient (Wildman–Crippen LogP) is 3.07. The molecule has 5 nitrogen and oxygen atoms in total. The number of pyridine rings is 1. The number of carbonyl (C=O) groups is 1. The van der Waals surface area contributed by atoms with Gasteiger partial charge in [-0.25, -0.2) is 9.67 Å². The summed E-state index contributed by atoms with van der Waals surface area (Å²) in [6.45, 7) is 0. The molecule has 0 saturated carbocycles. The van der Waals surface area contributed by atoms with Gasteiger partial charge in [0.2, 0.25) is 0 Å². The van der Waals surface area contributed by atoms with Crippen molar-refractivity contribution in [1.29, 1.82) is 0 Å². The fourth-order valence-electron chi connectivity index (χ4n) is 2.63. The summed E-state index contributed by atoms with van der Waals surface area (Å²) in [6, 6.07) is 7.53. The molecule has 0 bridgehead atoms. The third-order valence-electron chi connectivity index (χ3n) is 3.72. The van der Waals surface area contributed by atoms with Crippen LogP contribution < -0.4 is 5.32 Å². The van der Waals surface area contributed by atoms with Crippen molar-refractivity contribution in [1.82, 2.24) is 14.8 Å². The monoisotopic (exact) mass is 310 g/mol. The van der Waals surface area contributed by atoms with E-state index >= 15 is 0 Å². The number of rotatable bonds is 3. The Morgan fingerprint density at radius 2 is 2.27 bits per heavy atom. The van der Waals surface area contributed by atoms with E-state index in [1.807, 2.05) is 30.5 Å². The summed E-state index contributed by atoms with van der Waals surface area (Å²) < 4.78 is 1.68. The molecule has 1 aliphatic rings. The molecule has 4 rings (SSSR count). The average Bonchev–Trinajstić information content (AvgIpc) is 3.24. The predicted molar refractivity (Wildman–Crippen MR) is 85.7 cm³/mol. The van der Waals surface area contributed by atoms with E-state index in [0.717, 1.165) is 23.5 Å². The van der Waals surface area contributed by atoms with Gasteiger partial charge in [-0.2, -0.15) is 5.10 Å². The minimum absolute atomic E-state index is 0.0620. The van der Waals surface area contributed by atoms with Crippen LogP contribution in [0.3, 0.4) is 0 Å². The molecular weight excluding hydrogens is 296 g/mol. The summed E-state index contributed by atoms with van der Waals surface area (Å²) in [7, 11) is 0. The maximum absolute atomic E-state index is 12.3. The van der Waals surface area contributed by atoms with Crippen molar-refractivity contribution in [3.8, 4) is 5.82 Å². The molecule has 0 atom stereocenters. The number of fused-ring (bicyclic) bond motifs is 1. The molecule has 22 heavy (non-hydrogen) atoms. The van der Waals surface area contributed by atoms with Crippen molar-refractivity contribution in [3.05, 3.63) is 58.2 Å². The highest BCUT2D eigenvalue weighted by atomic mass is 32.1. The third-order valence-corrected chi connectivity index (χ3v) is 4.95. The molecular formula is C16H14N4OS. The van der Waals surface area contributed by atoms with Gasteiger partial charge in [-0.1, -0.05) is 0 Å². The SMILES string of the molecule is O=C(Nc1ccc(-n2cccn2)nc1)c1cc2c(s1)CCC2. The molecule has 0 unspecified atom stereocenters. The third kappa shape index (κ3) is 2.42. The van der Waals surface area contributed by atoms with Crippen molar-refractivity contribution in [3.63, 3.8) is 0 Å². The number of nitrogens with zero attached hydrogens (tertiary/aromatic N) is 3. The second kappa shape index (κ2) is 5.38. The largest absolute Gasteiger partial charge is 0.320 e. The number of aryl methyl sites for hydroxylation is 2. The fraction of sp³-hybridized carbons (Fsp3) is 0.188. The molecule has 0 radical (unpaired) electrons. The standard InChI is InChI=1S/C16H14N4OS/c21-16(14-9-11-3-1-4-13(11)22-14)19-12-5-6-15(17-10-12)20-8-2-7-18-20/h2,5-10H,1,3-4H2,(H,19,21). The van der Waals surface area contributed by atoms with Gasteiger partial charge in [0.15, 0.2) is 5.82 Å². The second-order valence-electron chi connectivity index (χ2n) is 5.22. The smallest absolute Gasteiger partial charge is 0.265 e. The van der Waals surface area contributed by atoms with Gasteiger partial charge in [0.1, 0.15) is 0 Å². The fourth-order valence-corrected chi connectivity index (χ4v) is 3.78. The van der Waals surface area contributed by atoms with E-state index in [-0.39, 0.29) is 5.91 Å². The second-order valence-corrected chi connectivity index (χ2v) is 6.36. The maximum atomic E-state index is 12.3. The van der Waals surface area contributed by atoms with Gasteiger partial charge in [-0.15, -0.1) is 11.3 Å². The Labute approximate surface area is 131 Å². The number of thiophene rings is 1. The minimum Gasteiger partial charge on any atom is -0.320 e. The first kappa shape index (κ1) is 13.2. The van der Waals surface area contributed by atoms with E-state index in [2.05, 4.69) is 15.4 Å². The highest BCUT2D eigenvalue weighted by Crippen LogP contribution is 2.30. The highest BCUT2D eigenvalue weighted by molar-refractivity contribution is 7.14. The normalized spacial score (nSPS) is 13.1. The van der Waals surface area contributed by atoms with Crippen LogP contribution in [-0.2, 0) is 12.8 Å². The van der Waals surface area contributed by atoms with Gasteiger partial charge >= 0.3 is 0 Å². The zero-order valence-electron chi connectivity index (χ0n) is 11.8. The van der Waals surface area contributed by atoms with Crippen LogP contribution in [0.15, 0.2) is 42.9 Å². The summed E-state index contributed by atoms with van der Waals surface area (Å²) in [5, 5.41) is 7.02. The summed E-state index contributed by atoms with van der Waals surface area (Å²) in [5.74, 6) is 0.658. The van der Waals surface area contributed by atoms with Gasteiger partial charge < -0.3 is 5.32 Å². The highest BCUT2D eigenvalue weighted by Gasteiger charge is 2.18. The number of carbonyl (C=O) groups excluding carboxylic acids is 1. The zero-order chi connectivity index (χ0) is 14.9. The molecule has 0 aromatic carbocycles. The van der Waals surface area contributed by atoms with Gasteiger partial charge in [0.05, 0.1) is 16.8 Å². The molecule has 0 spiro atoms. The molecule has 0 saturated heterocycles. The van der Waals surface area contributed by atoms with Crippen LogP contribution in [0.25, 0.3) is 5.82 Å². The molecule has 1 amide bonds. The lowest BCUT2D eigenvalue weighted by Crippen LogP contribution is -2.10. The number of aromatic nitrogens is 3. The minimum atomic E-state index is -0.0620. The molecule has 6 heteroatoms. The molecule has 3 aromatic rings. The van der Waals surface area contributed by atoms with Gasteiger partial charge in [-0.3, -0.25) is 4.79 Å². The number of amides is 1. The van der Waals surface area contributed by atoms with Crippen LogP contribution in [-0.4, -0.2) is 20.7 Å². The van der Waals surface area contributed by atoms with Gasteiger partial charge in [0.25, 0.3) is 5.91 Å². The summed E-state index contributed by atoms with van der Waals surface area (Å²) >= 11 is 1.60. The molecule has 0 fully saturated rings. The first-order valence-corrected chi connectivity index (χ1v) is 8.00. The van der Waals surface area contributed by atoms with Crippen LogP contribution in [0.1, 0.15) is 26.5 Å². The Hall–Kier alpha value is -2.47. The number of anilines is 1. The average molecular weight is 310 g/mol. The van der Waals surface area contributed by atoms with E-state index < -0.39 is 0 Å². The number of hydrogen-bond acceptors (Lipinski definition) is 4. The lowest BCUT2D eigenvalue weighted by Gasteiger charge is -2.05. The molecule has 110 valence electrons. The van der Waals surface area contributed by atoms with Crippen molar-refractivity contribution >= 4 is 22.9 Å². The van der Waals surface area contributed by atoms with E-state index in [4.69, 9.17) is 0 Å². The lowest BCUT2D eigenvalue weighted by molar-refractivity contribution is 0.103. The number of hydrogen-bond donors (Lipinski definition) is 1. The maximum Gasteiger partial charge on any atom is 0.265 e. The molecule has 3 aromatic heterocycles. The Morgan fingerprint density at radius 3 is 3.00 bits per heavy atom. The van der Waals surface area contributed by atoms with Crippen LogP contribution >= 0.6 is 11.3 Å². The summed E-state index contributed by atoms with van der Waals surface area (Å²) in [4.78, 5) is 18.7.